The molecule has 0 radical (unpaired) electrons. The Hall–Kier alpha value is -1.26. The number of thioether (sulfide) groups is 1. The maximum Gasteiger partial charge on any atom is 0.321 e. The minimum absolute atomic E-state index is 0.242. The zero-order valence-corrected chi connectivity index (χ0v) is 11.9. The number of para-hydroxylation sites is 1. The van der Waals surface area contributed by atoms with Crippen molar-refractivity contribution in [1.29, 1.82) is 0 Å². The van der Waals surface area contributed by atoms with Gasteiger partial charge in [0.15, 0.2) is 0 Å². The summed E-state index contributed by atoms with van der Waals surface area (Å²) in [6, 6.07) is 16.9. The van der Waals surface area contributed by atoms with E-state index in [9.17, 15) is 4.79 Å². The lowest BCUT2D eigenvalue weighted by molar-refractivity contribution is -0.131. The summed E-state index contributed by atoms with van der Waals surface area (Å²) in [5, 5.41) is 0. The zero-order chi connectivity index (χ0) is 12.8. The van der Waals surface area contributed by atoms with Gasteiger partial charge in [-0.15, -0.1) is 11.8 Å². The Morgan fingerprint density at radius 3 is 2.39 bits per heavy atom. The van der Waals surface area contributed by atoms with Crippen LogP contribution in [0.3, 0.4) is 0 Å². The van der Waals surface area contributed by atoms with Gasteiger partial charge in [-0.25, -0.2) is 0 Å². The van der Waals surface area contributed by atoms with Gasteiger partial charge in [-0.3, -0.25) is 4.79 Å². The summed E-state index contributed by atoms with van der Waals surface area (Å²) >= 11 is 4.83. The molecule has 0 aliphatic carbocycles. The van der Waals surface area contributed by atoms with Gasteiger partial charge >= 0.3 is 5.97 Å². The summed E-state index contributed by atoms with van der Waals surface area (Å²) in [6.07, 6.45) is 0. The Morgan fingerprint density at radius 1 is 1.06 bits per heavy atom. The number of carbonyl (C=O) groups is 1. The first-order valence-electron chi connectivity index (χ1n) is 5.38. The molecule has 4 heteroatoms. The van der Waals surface area contributed by atoms with Gasteiger partial charge in [-0.1, -0.05) is 34.1 Å². The third kappa shape index (κ3) is 4.20. The van der Waals surface area contributed by atoms with Crippen LogP contribution in [0.15, 0.2) is 64.0 Å². The fourth-order valence-electron chi connectivity index (χ4n) is 1.32. The van der Waals surface area contributed by atoms with Gasteiger partial charge in [0.1, 0.15) is 5.75 Å². The van der Waals surface area contributed by atoms with Crippen LogP contribution in [0.25, 0.3) is 0 Å². The van der Waals surface area contributed by atoms with Gasteiger partial charge in [0.25, 0.3) is 0 Å². The summed E-state index contributed by atoms with van der Waals surface area (Å²) in [7, 11) is 0. The number of halogens is 1. The van der Waals surface area contributed by atoms with Crippen molar-refractivity contribution in [2.45, 2.75) is 4.90 Å². The van der Waals surface area contributed by atoms with Gasteiger partial charge in [-0.05, 0) is 36.4 Å². The summed E-state index contributed by atoms with van der Waals surface area (Å²) in [4.78, 5) is 12.6. The van der Waals surface area contributed by atoms with Crippen LogP contribution in [-0.2, 0) is 4.79 Å². The topological polar surface area (TPSA) is 26.3 Å². The second-order valence-electron chi connectivity index (χ2n) is 3.53. The van der Waals surface area contributed by atoms with Crippen LogP contribution in [0, 0.1) is 0 Å². The van der Waals surface area contributed by atoms with Crippen molar-refractivity contribution in [2.75, 3.05) is 5.75 Å². The molecule has 2 aromatic rings. The molecular formula is C14H11BrO2S. The van der Waals surface area contributed by atoms with Gasteiger partial charge in [0.05, 0.1) is 5.75 Å². The molecule has 92 valence electrons. The molecule has 0 unspecified atom stereocenters. The molecule has 0 aliphatic heterocycles. The first kappa shape index (κ1) is 13.2. The van der Waals surface area contributed by atoms with E-state index in [2.05, 4.69) is 15.9 Å². The molecule has 0 fully saturated rings. The predicted octanol–water partition coefficient (Wildman–Crippen LogP) is 4.15. The number of carbonyl (C=O) groups excluding carboxylic acids is 1. The van der Waals surface area contributed by atoms with Crippen LogP contribution in [0.2, 0.25) is 0 Å². The lowest BCUT2D eigenvalue weighted by Crippen LogP contribution is -2.10. The Kier molecular flexibility index (Phi) is 4.84. The number of rotatable bonds is 4. The maximum atomic E-state index is 11.6. The standard InChI is InChI=1S/C14H11BrO2S/c15-11-6-8-13(9-7-11)18-10-14(16)17-12-4-2-1-3-5-12/h1-9H,10H2. The number of ether oxygens (including phenoxy) is 1. The molecule has 0 atom stereocenters. The van der Waals surface area contributed by atoms with Crippen LogP contribution < -0.4 is 4.74 Å². The fraction of sp³-hybridized carbons (Fsp3) is 0.0714. The van der Waals surface area contributed by atoms with Crippen molar-refractivity contribution in [3.63, 3.8) is 0 Å². The minimum Gasteiger partial charge on any atom is -0.426 e. The molecule has 18 heavy (non-hydrogen) atoms. The van der Waals surface area contributed by atoms with Gasteiger partial charge in [0, 0.05) is 9.37 Å². The Balaban J connectivity index is 1.83. The second kappa shape index (κ2) is 6.61. The van der Waals surface area contributed by atoms with E-state index < -0.39 is 0 Å². The van der Waals surface area contributed by atoms with E-state index in [1.807, 2.05) is 42.5 Å². The van der Waals surface area contributed by atoms with Crippen molar-refractivity contribution in [3.8, 4) is 5.75 Å². The molecule has 0 spiro atoms. The van der Waals surface area contributed by atoms with Gasteiger partial charge in [-0.2, -0.15) is 0 Å². The SMILES string of the molecule is O=C(CSc1ccc(Br)cc1)Oc1ccccc1. The fourth-order valence-corrected chi connectivity index (χ4v) is 2.26. The highest BCUT2D eigenvalue weighted by Gasteiger charge is 2.05. The molecule has 0 bridgehead atoms. The maximum absolute atomic E-state index is 11.6. The highest BCUT2D eigenvalue weighted by atomic mass is 79.9. The molecule has 2 nitrogen and oxygen atoms in total. The zero-order valence-electron chi connectivity index (χ0n) is 9.51. The van der Waals surface area contributed by atoms with Crippen LogP contribution in [0.5, 0.6) is 5.75 Å². The van der Waals surface area contributed by atoms with Crippen molar-refractivity contribution in [3.05, 3.63) is 59.1 Å². The van der Waals surface area contributed by atoms with E-state index in [-0.39, 0.29) is 5.97 Å². The molecule has 0 saturated carbocycles. The van der Waals surface area contributed by atoms with Gasteiger partial charge in [0.2, 0.25) is 0 Å². The molecule has 0 aromatic heterocycles. The third-order valence-electron chi connectivity index (χ3n) is 2.15. The van der Waals surface area contributed by atoms with Crippen LogP contribution in [-0.4, -0.2) is 11.7 Å². The monoisotopic (exact) mass is 322 g/mol. The molecule has 2 rings (SSSR count). The van der Waals surface area contributed by atoms with E-state index in [0.717, 1.165) is 9.37 Å². The van der Waals surface area contributed by atoms with Crippen LogP contribution in [0.1, 0.15) is 0 Å². The Labute approximate surface area is 118 Å². The predicted molar refractivity (Wildman–Crippen MR) is 76.9 cm³/mol. The lowest BCUT2D eigenvalue weighted by atomic mass is 10.3. The Bertz CT molecular complexity index is 511. The minimum atomic E-state index is -0.242. The lowest BCUT2D eigenvalue weighted by Gasteiger charge is -2.04. The molecule has 0 heterocycles. The van der Waals surface area contributed by atoms with E-state index in [0.29, 0.717) is 11.5 Å². The molecule has 2 aromatic carbocycles. The van der Waals surface area contributed by atoms with E-state index >= 15 is 0 Å². The summed E-state index contributed by atoms with van der Waals surface area (Å²) in [5.41, 5.74) is 0. The van der Waals surface area contributed by atoms with Crippen molar-refractivity contribution in [2.24, 2.45) is 0 Å². The quantitative estimate of drug-likeness (QED) is 0.480. The largest absolute Gasteiger partial charge is 0.426 e. The highest BCUT2D eigenvalue weighted by Crippen LogP contribution is 2.21. The number of hydrogen-bond acceptors (Lipinski definition) is 3. The van der Waals surface area contributed by atoms with Crippen molar-refractivity contribution in [1.82, 2.24) is 0 Å². The van der Waals surface area contributed by atoms with E-state index in [1.54, 1.807) is 12.1 Å². The Morgan fingerprint density at radius 2 is 1.72 bits per heavy atom. The number of esters is 1. The second-order valence-corrected chi connectivity index (χ2v) is 5.49. The van der Waals surface area contributed by atoms with E-state index in [4.69, 9.17) is 4.74 Å². The van der Waals surface area contributed by atoms with Crippen molar-refractivity contribution >= 4 is 33.7 Å². The summed E-state index contributed by atoms with van der Waals surface area (Å²) in [6.45, 7) is 0. The van der Waals surface area contributed by atoms with Gasteiger partial charge < -0.3 is 4.74 Å². The van der Waals surface area contributed by atoms with Crippen LogP contribution >= 0.6 is 27.7 Å². The number of benzene rings is 2. The highest BCUT2D eigenvalue weighted by molar-refractivity contribution is 9.10. The summed E-state index contributed by atoms with van der Waals surface area (Å²) < 4.78 is 6.22. The molecular weight excluding hydrogens is 312 g/mol. The molecule has 0 N–H and O–H groups in total. The van der Waals surface area contributed by atoms with Crippen LogP contribution in [0.4, 0.5) is 0 Å². The normalized spacial score (nSPS) is 10.1. The average Bonchev–Trinajstić information content (AvgIpc) is 2.39. The average molecular weight is 323 g/mol. The first-order valence-corrected chi connectivity index (χ1v) is 7.16. The number of hydrogen-bond donors (Lipinski definition) is 0. The molecule has 0 saturated heterocycles. The third-order valence-corrected chi connectivity index (χ3v) is 3.66. The van der Waals surface area contributed by atoms with Crippen molar-refractivity contribution < 1.29 is 9.53 Å². The smallest absolute Gasteiger partial charge is 0.321 e. The molecule has 0 amide bonds. The first-order chi connectivity index (χ1) is 8.74. The summed E-state index contributed by atoms with van der Waals surface area (Å²) in [5.74, 6) is 0.643. The molecule has 0 aliphatic rings. The van der Waals surface area contributed by atoms with E-state index in [1.165, 1.54) is 11.8 Å².